The van der Waals surface area contributed by atoms with E-state index in [9.17, 15) is 14.4 Å². The van der Waals surface area contributed by atoms with Gasteiger partial charge < -0.3 is 14.2 Å². The zero-order chi connectivity index (χ0) is 23.7. The molecule has 0 aromatic heterocycles. The number of nitrogens with one attached hydrogen (secondary N) is 1. The third-order valence-corrected chi connectivity index (χ3v) is 5.84. The maximum absolute atomic E-state index is 13.1. The van der Waals surface area contributed by atoms with E-state index in [-0.39, 0.29) is 18.1 Å². The quantitative estimate of drug-likeness (QED) is 0.395. The smallest absolute Gasteiger partial charge is 0.335 e. The van der Waals surface area contributed by atoms with Gasteiger partial charge in [-0.05, 0) is 57.4 Å². The lowest BCUT2D eigenvalue weighted by Gasteiger charge is -2.26. The number of barbiturate groups is 1. The number of carbonyl (C=O) groups excluding carboxylic acids is 3. The Morgan fingerprint density at radius 1 is 0.971 bits per heavy atom. The summed E-state index contributed by atoms with van der Waals surface area (Å²) < 4.78 is 17.1. The van der Waals surface area contributed by atoms with Gasteiger partial charge in [0.2, 0.25) is 6.79 Å². The predicted molar refractivity (Wildman–Crippen MR) is 126 cm³/mol. The fourth-order valence-corrected chi connectivity index (χ4v) is 4.05. The Bertz CT molecular complexity index is 1340. The second-order valence-corrected chi connectivity index (χ2v) is 8.31. The summed E-state index contributed by atoms with van der Waals surface area (Å²) in [7, 11) is 0. The van der Waals surface area contributed by atoms with Gasteiger partial charge in [-0.25, -0.2) is 9.69 Å². The number of amides is 4. The van der Waals surface area contributed by atoms with Gasteiger partial charge >= 0.3 is 6.03 Å². The normalized spacial score (nSPS) is 16.1. The number of halogens is 1. The van der Waals surface area contributed by atoms with Gasteiger partial charge in [0.1, 0.15) is 17.9 Å². The summed E-state index contributed by atoms with van der Waals surface area (Å²) in [5.74, 6) is 0.0266. The summed E-state index contributed by atoms with van der Waals surface area (Å²) in [6.45, 7) is 0.454. The van der Waals surface area contributed by atoms with Crippen LogP contribution in [0.4, 0.5) is 10.5 Å². The summed E-state index contributed by atoms with van der Waals surface area (Å²) in [4.78, 5) is 38.9. The molecule has 0 aliphatic carbocycles. The van der Waals surface area contributed by atoms with Crippen LogP contribution >= 0.6 is 15.9 Å². The van der Waals surface area contributed by atoms with Crippen molar-refractivity contribution < 1.29 is 28.6 Å². The summed E-state index contributed by atoms with van der Waals surface area (Å²) in [6, 6.07) is 18.8. The van der Waals surface area contributed by atoms with Gasteiger partial charge in [-0.1, -0.05) is 36.4 Å². The van der Waals surface area contributed by atoms with E-state index < -0.39 is 17.8 Å². The van der Waals surface area contributed by atoms with Crippen LogP contribution in [0, 0.1) is 0 Å². The molecule has 0 radical (unpaired) electrons. The fraction of sp³-hybridized carbons (Fsp3) is 0.0800. The number of benzene rings is 3. The van der Waals surface area contributed by atoms with Gasteiger partial charge in [0, 0.05) is 6.07 Å². The minimum Gasteiger partial charge on any atom is -0.488 e. The molecule has 1 saturated heterocycles. The Hall–Kier alpha value is -4.11. The van der Waals surface area contributed by atoms with Crippen LogP contribution in [-0.2, 0) is 16.2 Å². The van der Waals surface area contributed by atoms with Crippen LogP contribution in [0.25, 0.3) is 6.08 Å². The Balaban J connectivity index is 1.38. The number of ether oxygens (including phenoxy) is 3. The molecule has 5 rings (SSSR count). The first-order valence-electron chi connectivity index (χ1n) is 10.3. The zero-order valence-electron chi connectivity index (χ0n) is 17.6. The highest BCUT2D eigenvalue weighted by molar-refractivity contribution is 9.10. The van der Waals surface area contributed by atoms with Gasteiger partial charge in [0.05, 0.1) is 10.2 Å². The van der Waals surface area contributed by atoms with Crippen molar-refractivity contribution in [3.8, 4) is 17.2 Å². The largest absolute Gasteiger partial charge is 0.488 e. The number of fused-ring (bicyclic) bond motifs is 1. The Labute approximate surface area is 202 Å². The zero-order valence-corrected chi connectivity index (χ0v) is 19.2. The van der Waals surface area contributed by atoms with Crippen molar-refractivity contribution in [1.29, 1.82) is 0 Å². The number of hydrogen-bond acceptors (Lipinski definition) is 6. The summed E-state index contributed by atoms with van der Waals surface area (Å²) in [5.41, 5.74) is 1.69. The van der Waals surface area contributed by atoms with Crippen molar-refractivity contribution in [1.82, 2.24) is 5.32 Å². The molecule has 0 bridgehead atoms. The molecule has 0 spiro atoms. The van der Waals surface area contributed by atoms with E-state index in [0.717, 1.165) is 10.5 Å². The molecule has 2 aliphatic heterocycles. The molecule has 2 aliphatic rings. The van der Waals surface area contributed by atoms with Crippen molar-refractivity contribution in [3.63, 3.8) is 0 Å². The molecule has 1 fully saturated rings. The van der Waals surface area contributed by atoms with E-state index in [0.29, 0.717) is 33.9 Å². The fourth-order valence-electron chi connectivity index (χ4n) is 3.54. The van der Waals surface area contributed by atoms with Crippen molar-refractivity contribution in [2.75, 3.05) is 11.7 Å². The van der Waals surface area contributed by atoms with Gasteiger partial charge in [-0.3, -0.25) is 14.9 Å². The standard InChI is InChI=1S/C25H17BrN2O6/c26-19-11-16(6-8-20(19)32-13-15-4-2-1-3-5-15)10-18-23(29)27-25(31)28(24(18)30)17-7-9-21-22(12-17)34-14-33-21/h1-12H,13-14H2,(H,27,29,31)/b18-10+. The molecule has 0 unspecified atom stereocenters. The van der Waals surface area contributed by atoms with E-state index in [1.165, 1.54) is 12.1 Å². The van der Waals surface area contributed by atoms with Gasteiger partial charge in [-0.15, -0.1) is 0 Å². The molecule has 2 heterocycles. The minimum atomic E-state index is -0.836. The van der Waals surface area contributed by atoms with Crippen LogP contribution in [0.3, 0.4) is 0 Å². The van der Waals surface area contributed by atoms with Gasteiger partial charge in [0.15, 0.2) is 11.5 Å². The first kappa shape index (κ1) is 21.7. The average molecular weight is 521 g/mol. The van der Waals surface area contributed by atoms with Gasteiger partial charge in [0.25, 0.3) is 11.8 Å². The molecule has 3 aromatic rings. The molecule has 0 saturated carbocycles. The van der Waals surface area contributed by atoms with Crippen molar-refractivity contribution in [2.24, 2.45) is 0 Å². The van der Waals surface area contributed by atoms with Crippen molar-refractivity contribution >= 4 is 45.5 Å². The van der Waals surface area contributed by atoms with E-state index in [1.807, 2.05) is 30.3 Å². The highest BCUT2D eigenvalue weighted by atomic mass is 79.9. The SMILES string of the molecule is O=C1NC(=O)N(c2ccc3c(c2)OCO3)C(=O)/C1=C/c1ccc(OCc2ccccc2)c(Br)c1. The Kier molecular flexibility index (Phi) is 5.77. The van der Waals surface area contributed by atoms with Gasteiger partial charge in [-0.2, -0.15) is 0 Å². The van der Waals surface area contributed by atoms with Crippen molar-refractivity contribution in [2.45, 2.75) is 6.61 Å². The molecule has 34 heavy (non-hydrogen) atoms. The number of anilines is 1. The van der Waals surface area contributed by atoms with Crippen LogP contribution in [-0.4, -0.2) is 24.6 Å². The Morgan fingerprint density at radius 3 is 2.56 bits per heavy atom. The lowest BCUT2D eigenvalue weighted by atomic mass is 10.1. The lowest BCUT2D eigenvalue weighted by Crippen LogP contribution is -2.54. The molecule has 8 nitrogen and oxygen atoms in total. The maximum atomic E-state index is 13.1. The minimum absolute atomic E-state index is 0.0580. The number of rotatable bonds is 5. The third kappa shape index (κ3) is 4.25. The second kappa shape index (κ2) is 9.03. The average Bonchev–Trinajstić information content (AvgIpc) is 3.30. The topological polar surface area (TPSA) is 94.2 Å². The monoisotopic (exact) mass is 520 g/mol. The molecule has 170 valence electrons. The molecule has 0 atom stereocenters. The van der Waals surface area contributed by atoms with E-state index >= 15 is 0 Å². The lowest BCUT2D eigenvalue weighted by molar-refractivity contribution is -0.122. The van der Waals surface area contributed by atoms with E-state index in [1.54, 1.807) is 30.3 Å². The molecule has 3 aromatic carbocycles. The molecule has 9 heteroatoms. The molecule has 4 amide bonds. The molecular formula is C25H17BrN2O6. The Morgan fingerprint density at radius 2 is 1.76 bits per heavy atom. The second-order valence-electron chi connectivity index (χ2n) is 7.46. The number of imide groups is 2. The third-order valence-electron chi connectivity index (χ3n) is 5.22. The summed E-state index contributed by atoms with van der Waals surface area (Å²) in [6.07, 6.45) is 1.43. The van der Waals surface area contributed by atoms with Crippen LogP contribution < -0.4 is 24.4 Å². The highest BCUT2D eigenvalue weighted by Gasteiger charge is 2.37. The van der Waals surface area contributed by atoms with Crippen LogP contribution in [0.1, 0.15) is 11.1 Å². The van der Waals surface area contributed by atoms with Crippen LogP contribution in [0.5, 0.6) is 17.2 Å². The summed E-state index contributed by atoms with van der Waals surface area (Å²) >= 11 is 3.47. The number of carbonyl (C=O) groups is 3. The first-order chi connectivity index (χ1) is 16.5. The predicted octanol–water partition coefficient (Wildman–Crippen LogP) is 4.42. The van der Waals surface area contributed by atoms with E-state index in [2.05, 4.69) is 21.2 Å². The highest BCUT2D eigenvalue weighted by Crippen LogP contribution is 2.36. The number of urea groups is 1. The van der Waals surface area contributed by atoms with Crippen molar-refractivity contribution in [3.05, 3.63) is 87.9 Å². The van der Waals surface area contributed by atoms with Crippen LogP contribution in [0.2, 0.25) is 0 Å². The maximum Gasteiger partial charge on any atom is 0.335 e. The molecular weight excluding hydrogens is 504 g/mol. The summed E-state index contributed by atoms with van der Waals surface area (Å²) in [5, 5.41) is 2.21. The molecule has 1 N–H and O–H groups in total. The number of nitrogens with zero attached hydrogens (tertiary/aromatic N) is 1. The van der Waals surface area contributed by atoms with Crippen LogP contribution in [0.15, 0.2) is 76.8 Å². The van der Waals surface area contributed by atoms with E-state index in [4.69, 9.17) is 14.2 Å². The number of hydrogen-bond donors (Lipinski definition) is 1. The first-order valence-corrected chi connectivity index (χ1v) is 11.1.